The smallest absolute Gasteiger partial charge is 0.261 e. The molecule has 2 rings (SSSR count). The molecule has 25 heavy (non-hydrogen) atoms. The third-order valence-corrected chi connectivity index (χ3v) is 3.51. The fourth-order valence-corrected chi connectivity index (χ4v) is 2.23. The number of ether oxygens (including phenoxy) is 2. The number of hydrogen-bond acceptors (Lipinski definition) is 5. The van der Waals surface area contributed by atoms with Crippen LogP contribution in [0.5, 0.6) is 11.5 Å². The van der Waals surface area contributed by atoms with E-state index in [1.54, 1.807) is 38.7 Å². The predicted octanol–water partition coefficient (Wildman–Crippen LogP) is 2.36. The van der Waals surface area contributed by atoms with Crippen molar-refractivity contribution in [3.63, 3.8) is 0 Å². The largest absolute Gasteiger partial charge is 0.493 e. The van der Waals surface area contributed by atoms with Crippen LogP contribution in [0.15, 0.2) is 48.3 Å². The minimum absolute atomic E-state index is 0.0420. The zero-order valence-electron chi connectivity index (χ0n) is 14.2. The van der Waals surface area contributed by atoms with Gasteiger partial charge in [0.1, 0.15) is 11.6 Å². The van der Waals surface area contributed by atoms with Crippen LogP contribution < -0.4 is 14.8 Å². The van der Waals surface area contributed by atoms with Crippen molar-refractivity contribution in [3.05, 3.63) is 59.4 Å². The highest BCUT2D eigenvalue weighted by Gasteiger charge is 2.09. The van der Waals surface area contributed by atoms with Gasteiger partial charge in [0.05, 0.1) is 14.2 Å². The normalized spacial score (nSPS) is 10.7. The number of hydrogen-bond donors (Lipinski definition) is 1. The number of carbonyl (C=O) groups excluding carboxylic acids is 1. The van der Waals surface area contributed by atoms with Gasteiger partial charge in [-0.1, -0.05) is 12.1 Å². The monoisotopic (exact) mass is 337 g/mol. The molecule has 128 valence electrons. The van der Waals surface area contributed by atoms with E-state index < -0.39 is 5.91 Å². The topological polar surface area (TPSA) is 84.2 Å². The molecule has 2 aromatic rings. The van der Waals surface area contributed by atoms with E-state index in [2.05, 4.69) is 10.3 Å². The van der Waals surface area contributed by atoms with Crippen LogP contribution in [0, 0.1) is 11.3 Å². The van der Waals surface area contributed by atoms with Crippen LogP contribution in [-0.4, -0.2) is 31.7 Å². The SMILES string of the molecule is COc1ccc(CCNC(=O)C(C#N)=Cc2cccnc2)cc1OC. The van der Waals surface area contributed by atoms with Crippen LogP contribution in [0.2, 0.25) is 0 Å². The van der Waals surface area contributed by atoms with Crippen LogP contribution in [-0.2, 0) is 11.2 Å². The van der Waals surface area contributed by atoms with Gasteiger partial charge in [-0.15, -0.1) is 0 Å². The predicted molar refractivity (Wildman–Crippen MR) is 94.1 cm³/mol. The lowest BCUT2D eigenvalue weighted by molar-refractivity contribution is -0.117. The number of pyridine rings is 1. The minimum atomic E-state index is -0.410. The molecule has 1 heterocycles. The van der Waals surface area contributed by atoms with Crippen molar-refractivity contribution in [1.82, 2.24) is 10.3 Å². The second kappa shape index (κ2) is 9.08. The van der Waals surface area contributed by atoms with Gasteiger partial charge < -0.3 is 14.8 Å². The van der Waals surface area contributed by atoms with Crippen molar-refractivity contribution in [2.24, 2.45) is 0 Å². The molecule has 1 aromatic heterocycles. The molecule has 0 aliphatic heterocycles. The Hall–Kier alpha value is -3.33. The molecule has 0 radical (unpaired) electrons. The molecule has 1 aromatic carbocycles. The Balaban J connectivity index is 1.96. The summed E-state index contributed by atoms with van der Waals surface area (Å²) >= 11 is 0. The Morgan fingerprint density at radius 2 is 2.08 bits per heavy atom. The molecule has 0 spiro atoms. The van der Waals surface area contributed by atoms with Crippen LogP contribution >= 0.6 is 0 Å². The summed E-state index contributed by atoms with van der Waals surface area (Å²) in [5.41, 5.74) is 1.74. The molecule has 0 saturated heterocycles. The average Bonchev–Trinajstić information content (AvgIpc) is 2.66. The van der Waals surface area contributed by atoms with E-state index in [4.69, 9.17) is 9.47 Å². The third-order valence-electron chi connectivity index (χ3n) is 3.51. The van der Waals surface area contributed by atoms with E-state index in [-0.39, 0.29) is 5.57 Å². The van der Waals surface area contributed by atoms with Crippen LogP contribution in [0.25, 0.3) is 6.08 Å². The van der Waals surface area contributed by atoms with E-state index in [1.165, 1.54) is 6.08 Å². The Morgan fingerprint density at radius 1 is 1.28 bits per heavy atom. The summed E-state index contributed by atoms with van der Waals surface area (Å²) < 4.78 is 10.4. The third kappa shape index (κ3) is 5.08. The quantitative estimate of drug-likeness (QED) is 0.619. The molecule has 1 N–H and O–H groups in total. The molecule has 0 atom stereocenters. The second-order valence-corrected chi connectivity index (χ2v) is 5.15. The lowest BCUT2D eigenvalue weighted by Crippen LogP contribution is -2.26. The van der Waals surface area contributed by atoms with Crippen molar-refractivity contribution in [3.8, 4) is 17.6 Å². The van der Waals surface area contributed by atoms with Gasteiger partial charge in [-0.3, -0.25) is 9.78 Å². The van der Waals surface area contributed by atoms with Gasteiger partial charge in [-0.25, -0.2) is 0 Å². The number of nitrogens with one attached hydrogen (secondary N) is 1. The van der Waals surface area contributed by atoms with Crippen LogP contribution in [0.3, 0.4) is 0 Å². The van der Waals surface area contributed by atoms with Crippen molar-refractivity contribution in [1.29, 1.82) is 5.26 Å². The van der Waals surface area contributed by atoms with Crippen molar-refractivity contribution in [2.75, 3.05) is 20.8 Å². The standard InChI is InChI=1S/C19H19N3O3/c1-24-17-6-5-14(11-18(17)25-2)7-9-22-19(23)16(12-20)10-15-4-3-8-21-13-15/h3-6,8,10-11,13H,7,9H2,1-2H3,(H,22,23). The first-order valence-corrected chi connectivity index (χ1v) is 7.69. The first-order chi connectivity index (χ1) is 12.2. The van der Waals surface area contributed by atoms with Gasteiger partial charge in [-0.05, 0) is 41.8 Å². The summed E-state index contributed by atoms with van der Waals surface area (Å²) in [5, 5.41) is 11.9. The molecule has 0 fully saturated rings. The zero-order valence-corrected chi connectivity index (χ0v) is 14.2. The Bertz CT molecular complexity index is 795. The molecule has 0 aliphatic rings. The van der Waals surface area contributed by atoms with Gasteiger partial charge >= 0.3 is 0 Å². The molecule has 6 heteroatoms. The van der Waals surface area contributed by atoms with Gasteiger partial charge in [0.25, 0.3) is 5.91 Å². The van der Waals surface area contributed by atoms with Crippen molar-refractivity contribution in [2.45, 2.75) is 6.42 Å². The van der Waals surface area contributed by atoms with Crippen LogP contribution in [0.4, 0.5) is 0 Å². The summed E-state index contributed by atoms with van der Waals surface area (Å²) in [6.07, 6.45) is 5.34. The Labute approximate surface area is 146 Å². The van der Waals surface area contributed by atoms with E-state index in [0.717, 1.165) is 5.56 Å². The zero-order chi connectivity index (χ0) is 18.1. The van der Waals surface area contributed by atoms with E-state index in [1.807, 2.05) is 24.3 Å². The summed E-state index contributed by atoms with van der Waals surface area (Å²) in [6, 6.07) is 11.0. The average molecular weight is 337 g/mol. The van der Waals surface area contributed by atoms with E-state index in [0.29, 0.717) is 30.0 Å². The molecule has 0 bridgehead atoms. The number of amides is 1. The first-order valence-electron chi connectivity index (χ1n) is 7.69. The number of methoxy groups -OCH3 is 2. The van der Waals surface area contributed by atoms with Gasteiger partial charge in [-0.2, -0.15) is 5.26 Å². The van der Waals surface area contributed by atoms with Crippen molar-refractivity contribution >= 4 is 12.0 Å². The maximum atomic E-state index is 12.1. The lowest BCUT2D eigenvalue weighted by atomic mass is 10.1. The molecule has 6 nitrogen and oxygen atoms in total. The number of rotatable bonds is 7. The van der Waals surface area contributed by atoms with Gasteiger partial charge in [0.2, 0.25) is 0 Å². The number of carbonyl (C=O) groups is 1. The van der Waals surface area contributed by atoms with E-state index in [9.17, 15) is 10.1 Å². The number of aromatic nitrogens is 1. The summed E-state index contributed by atoms with van der Waals surface area (Å²) in [5.74, 6) is 0.883. The Morgan fingerprint density at radius 3 is 2.72 bits per heavy atom. The summed E-state index contributed by atoms with van der Waals surface area (Å²) in [4.78, 5) is 16.1. The molecule has 0 aliphatic carbocycles. The highest BCUT2D eigenvalue weighted by molar-refractivity contribution is 6.01. The fourth-order valence-electron chi connectivity index (χ4n) is 2.23. The van der Waals surface area contributed by atoms with Crippen molar-refractivity contribution < 1.29 is 14.3 Å². The molecule has 0 saturated carbocycles. The van der Waals surface area contributed by atoms with E-state index >= 15 is 0 Å². The highest BCUT2D eigenvalue weighted by Crippen LogP contribution is 2.27. The fraction of sp³-hybridized carbons (Fsp3) is 0.211. The summed E-state index contributed by atoms with van der Waals surface area (Å²) in [7, 11) is 3.15. The lowest BCUT2D eigenvalue weighted by Gasteiger charge is -2.10. The van der Waals surface area contributed by atoms with Crippen LogP contribution in [0.1, 0.15) is 11.1 Å². The van der Waals surface area contributed by atoms with Gasteiger partial charge in [0, 0.05) is 18.9 Å². The summed E-state index contributed by atoms with van der Waals surface area (Å²) in [6.45, 7) is 0.403. The molecule has 0 unspecified atom stereocenters. The molecular weight excluding hydrogens is 318 g/mol. The number of nitrogens with zero attached hydrogens (tertiary/aromatic N) is 2. The number of nitriles is 1. The maximum absolute atomic E-state index is 12.1. The maximum Gasteiger partial charge on any atom is 0.261 e. The minimum Gasteiger partial charge on any atom is -0.493 e. The van der Waals surface area contributed by atoms with Gasteiger partial charge in [0.15, 0.2) is 11.5 Å². The second-order valence-electron chi connectivity index (χ2n) is 5.15. The molecule has 1 amide bonds. The highest BCUT2D eigenvalue weighted by atomic mass is 16.5. The Kier molecular flexibility index (Phi) is 6.55. The number of benzene rings is 1. The molecular formula is C19H19N3O3. The first kappa shape index (κ1) is 18.0.